The van der Waals surface area contributed by atoms with E-state index in [-0.39, 0.29) is 9.77 Å². The molecule has 1 aromatic rings. The average molecular weight is 220 g/mol. The molecule has 5 nitrogen and oxygen atoms in total. The SMILES string of the molecule is Cc1cc(S(N)(=O)=O)c(C(N)=O)s1. The van der Waals surface area contributed by atoms with Crippen LogP contribution in [-0.4, -0.2) is 14.3 Å². The fourth-order valence-corrected chi connectivity index (χ4v) is 2.88. The van der Waals surface area contributed by atoms with Gasteiger partial charge in [-0.15, -0.1) is 11.3 Å². The second kappa shape index (κ2) is 3.09. The first-order chi connectivity index (χ1) is 5.82. The molecule has 0 saturated heterocycles. The minimum Gasteiger partial charge on any atom is -0.365 e. The molecule has 0 bridgehead atoms. The Morgan fingerprint density at radius 2 is 2.08 bits per heavy atom. The smallest absolute Gasteiger partial charge is 0.260 e. The van der Waals surface area contributed by atoms with Gasteiger partial charge in [-0.05, 0) is 13.0 Å². The number of thiophene rings is 1. The molecule has 0 fully saturated rings. The number of amides is 1. The molecule has 1 heterocycles. The predicted octanol–water partition coefficient (Wildman–Crippen LogP) is -0.197. The van der Waals surface area contributed by atoms with Crippen LogP contribution in [0.3, 0.4) is 0 Å². The highest BCUT2D eigenvalue weighted by Gasteiger charge is 2.20. The van der Waals surface area contributed by atoms with Crippen molar-refractivity contribution >= 4 is 27.3 Å². The van der Waals surface area contributed by atoms with Crippen LogP contribution in [0.4, 0.5) is 0 Å². The largest absolute Gasteiger partial charge is 0.365 e. The molecule has 7 heteroatoms. The lowest BCUT2D eigenvalue weighted by Gasteiger charge is -1.95. The van der Waals surface area contributed by atoms with Gasteiger partial charge in [0.1, 0.15) is 9.77 Å². The van der Waals surface area contributed by atoms with Crippen molar-refractivity contribution in [2.24, 2.45) is 10.9 Å². The van der Waals surface area contributed by atoms with E-state index in [0.29, 0.717) is 4.88 Å². The van der Waals surface area contributed by atoms with E-state index in [1.165, 1.54) is 6.07 Å². The van der Waals surface area contributed by atoms with E-state index in [1.54, 1.807) is 6.92 Å². The van der Waals surface area contributed by atoms with Gasteiger partial charge in [-0.3, -0.25) is 4.79 Å². The maximum atomic E-state index is 10.9. The fraction of sp³-hybridized carbons (Fsp3) is 0.167. The molecular formula is C6H8N2O3S2. The standard InChI is InChI=1S/C6H8N2O3S2/c1-3-2-4(13(8,10)11)5(12-3)6(7)9/h2H,1H3,(H2,7,9)(H2,8,10,11). The third-order valence-electron chi connectivity index (χ3n) is 1.35. The Morgan fingerprint density at radius 3 is 2.38 bits per heavy atom. The molecule has 4 N–H and O–H groups in total. The molecule has 0 aliphatic heterocycles. The maximum Gasteiger partial charge on any atom is 0.260 e. The van der Waals surface area contributed by atoms with Crippen molar-refractivity contribution in [2.75, 3.05) is 0 Å². The van der Waals surface area contributed by atoms with E-state index in [1.807, 2.05) is 0 Å². The van der Waals surface area contributed by atoms with Crippen molar-refractivity contribution < 1.29 is 13.2 Å². The summed E-state index contributed by atoms with van der Waals surface area (Å²) in [6.45, 7) is 1.67. The molecular weight excluding hydrogens is 212 g/mol. The average Bonchev–Trinajstić information content (AvgIpc) is 2.29. The molecule has 1 rings (SSSR count). The number of nitrogens with two attached hydrogens (primary N) is 2. The molecule has 1 aromatic heterocycles. The summed E-state index contributed by atoms with van der Waals surface area (Å²) in [6.07, 6.45) is 0. The van der Waals surface area contributed by atoms with E-state index in [2.05, 4.69) is 0 Å². The van der Waals surface area contributed by atoms with Gasteiger partial charge in [0.25, 0.3) is 5.91 Å². The number of primary sulfonamides is 1. The summed E-state index contributed by atoms with van der Waals surface area (Å²) in [7, 11) is -3.85. The minimum absolute atomic E-state index is 0.0139. The third-order valence-corrected chi connectivity index (χ3v) is 3.48. The molecule has 0 radical (unpaired) electrons. The Hall–Kier alpha value is -0.920. The summed E-state index contributed by atoms with van der Waals surface area (Å²) in [5, 5.41) is 4.88. The van der Waals surface area contributed by atoms with Gasteiger partial charge in [0, 0.05) is 4.88 Å². The number of primary amides is 1. The van der Waals surface area contributed by atoms with Crippen LogP contribution in [-0.2, 0) is 10.0 Å². The highest BCUT2D eigenvalue weighted by molar-refractivity contribution is 7.89. The van der Waals surface area contributed by atoms with Crippen molar-refractivity contribution in [2.45, 2.75) is 11.8 Å². The topological polar surface area (TPSA) is 103 Å². The molecule has 0 spiro atoms. The van der Waals surface area contributed by atoms with E-state index in [4.69, 9.17) is 10.9 Å². The number of sulfonamides is 1. The molecule has 0 unspecified atom stereocenters. The monoisotopic (exact) mass is 220 g/mol. The molecule has 0 aliphatic rings. The lowest BCUT2D eigenvalue weighted by molar-refractivity contribution is 0.100. The van der Waals surface area contributed by atoms with Gasteiger partial charge in [0.2, 0.25) is 10.0 Å². The van der Waals surface area contributed by atoms with Gasteiger partial charge in [0.05, 0.1) is 0 Å². The van der Waals surface area contributed by atoms with Crippen molar-refractivity contribution in [1.82, 2.24) is 0 Å². The summed E-state index contributed by atoms with van der Waals surface area (Å²) in [4.78, 5) is 11.3. The first-order valence-corrected chi connectivity index (χ1v) is 5.61. The van der Waals surface area contributed by atoms with E-state index in [0.717, 1.165) is 11.3 Å². The molecule has 0 aliphatic carbocycles. The normalized spacial score (nSPS) is 11.5. The number of hydrogen-bond donors (Lipinski definition) is 2. The Kier molecular flexibility index (Phi) is 2.42. The second-order valence-corrected chi connectivity index (χ2v) is 5.25. The van der Waals surface area contributed by atoms with Crippen LogP contribution in [0, 0.1) is 6.92 Å². The zero-order valence-electron chi connectivity index (χ0n) is 6.77. The highest BCUT2D eigenvalue weighted by Crippen LogP contribution is 2.24. The highest BCUT2D eigenvalue weighted by atomic mass is 32.2. The summed E-state index contributed by atoms with van der Waals surface area (Å²) < 4.78 is 21.9. The van der Waals surface area contributed by atoms with E-state index in [9.17, 15) is 13.2 Å². The van der Waals surface area contributed by atoms with Crippen LogP contribution in [0.15, 0.2) is 11.0 Å². The third kappa shape index (κ3) is 2.06. The lowest BCUT2D eigenvalue weighted by atomic mass is 10.4. The Bertz CT molecular complexity index is 446. The van der Waals surface area contributed by atoms with Gasteiger partial charge < -0.3 is 5.73 Å². The number of carbonyl (C=O) groups excluding carboxylic acids is 1. The summed E-state index contributed by atoms with van der Waals surface area (Å²) in [5.41, 5.74) is 4.98. The van der Waals surface area contributed by atoms with E-state index < -0.39 is 15.9 Å². The van der Waals surface area contributed by atoms with Gasteiger partial charge in [-0.2, -0.15) is 0 Å². The molecule has 1 amide bonds. The minimum atomic E-state index is -3.85. The van der Waals surface area contributed by atoms with Gasteiger partial charge in [-0.1, -0.05) is 0 Å². The van der Waals surface area contributed by atoms with E-state index >= 15 is 0 Å². The van der Waals surface area contributed by atoms with Gasteiger partial charge in [-0.25, -0.2) is 13.6 Å². The molecule has 0 atom stereocenters. The number of aryl methyl sites for hydroxylation is 1. The maximum absolute atomic E-state index is 10.9. The Labute approximate surface area is 79.4 Å². The lowest BCUT2D eigenvalue weighted by Crippen LogP contribution is -2.18. The zero-order valence-corrected chi connectivity index (χ0v) is 8.41. The molecule has 72 valence electrons. The Morgan fingerprint density at radius 1 is 1.54 bits per heavy atom. The van der Waals surface area contributed by atoms with Crippen LogP contribution in [0.2, 0.25) is 0 Å². The van der Waals surface area contributed by atoms with Gasteiger partial charge >= 0.3 is 0 Å². The predicted molar refractivity (Wildman–Crippen MR) is 48.9 cm³/mol. The van der Waals surface area contributed by atoms with Crippen molar-refractivity contribution in [3.05, 3.63) is 15.8 Å². The summed E-state index contributed by atoms with van der Waals surface area (Å²) in [5.74, 6) is -0.776. The summed E-state index contributed by atoms with van der Waals surface area (Å²) >= 11 is 1.02. The molecule has 0 saturated carbocycles. The first-order valence-electron chi connectivity index (χ1n) is 3.25. The second-order valence-electron chi connectivity index (χ2n) is 2.46. The zero-order chi connectivity index (χ0) is 10.2. The van der Waals surface area contributed by atoms with Crippen molar-refractivity contribution in [3.63, 3.8) is 0 Å². The van der Waals surface area contributed by atoms with Crippen molar-refractivity contribution in [3.8, 4) is 0 Å². The van der Waals surface area contributed by atoms with Crippen LogP contribution in [0.5, 0.6) is 0 Å². The van der Waals surface area contributed by atoms with Crippen LogP contribution >= 0.6 is 11.3 Å². The quantitative estimate of drug-likeness (QED) is 0.721. The van der Waals surface area contributed by atoms with Crippen molar-refractivity contribution in [1.29, 1.82) is 0 Å². The number of hydrogen-bond acceptors (Lipinski definition) is 4. The fourth-order valence-electron chi connectivity index (χ4n) is 0.874. The number of rotatable bonds is 2. The van der Waals surface area contributed by atoms with Crippen LogP contribution < -0.4 is 10.9 Å². The molecule has 0 aromatic carbocycles. The Balaban J connectivity index is 3.46. The van der Waals surface area contributed by atoms with Crippen LogP contribution in [0.1, 0.15) is 14.5 Å². The molecule has 13 heavy (non-hydrogen) atoms. The number of carbonyl (C=O) groups is 1. The van der Waals surface area contributed by atoms with Crippen LogP contribution in [0.25, 0.3) is 0 Å². The first kappa shape index (κ1) is 10.2. The summed E-state index contributed by atoms with van der Waals surface area (Å²) in [6, 6.07) is 1.33. The van der Waals surface area contributed by atoms with Gasteiger partial charge in [0.15, 0.2) is 0 Å².